The van der Waals surface area contributed by atoms with Crippen molar-refractivity contribution in [1.29, 1.82) is 0 Å². The molecule has 0 bridgehead atoms. The summed E-state index contributed by atoms with van der Waals surface area (Å²) < 4.78 is 33.3. The Morgan fingerprint density at radius 1 is 1.53 bits per heavy atom. The van der Waals surface area contributed by atoms with Crippen LogP contribution in [0, 0.1) is 0 Å². The zero-order chi connectivity index (χ0) is 13.9. The lowest BCUT2D eigenvalue weighted by atomic mass is 10.3. The molecule has 0 aliphatic carbocycles. The molecule has 2 heterocycles. The Balaban J connectivity index is 1.94. The van der Waals surface area contributed by atoms with Gasteiger partial charge in [-0.3, -0.25) is 4.90 Å². The predicted molar refractivity (Wildman–Crippen MR) is 79.1 cm³/mol. The molecular weight excluding hydrogens is 352 g/mol. The lowest BCUT2D eigenvalue weighted by molar-refractivity contribution is 0.0354. The van der Waals surface area contributed by atoms with Crippen LogP contribution in [0.15, 0.2) is 20.1 Å². The van der Waals surface area contributed by atoms with Crippen LogP contribution in [-0.4, -0.2) is 52.2 Å². The van der Waals surface area contributed by atoms with Gasteiger partial charge in [0.2, 0.25) is 0 Å². The summed E-state index contributed by atoms with van der Waals surface area (Å²) in [6.45, 7) is 5.73. The third-order valence-electron chi connectivity index (χ3n) is 2.82. The third-order valence-corrected chi connectivity index (χ3v) is 7.08. The third kappa shape index (κ3) is 4.24. The van der Waals surface area contributed by atoms with Crippen LogP contribution in [0.1, 0.15) is 6.92 Å². The Morgan fingerprint density at radius 3 is 2.79 bits per heavy atom. The van der Waals surface area contributed by atoms with E-state index in [1.807, 2.05) is 6.92 Å². The first-order valence-corrected chi connectivity index (χ1v) is 9.20. The number of rotatable bonds is 5. The number of hydrogen-bond acceptors (Lipinski definition) is 5. The first kappa shape index (κ1) is 15.4. The molecule has 0 saturated carbocycles. The van der Waals surface area contributed by atoms with Gasteiger partial charge in [-0.05, 0) is 34.3 Å². The van der Waals surface area contributed by atoms with Gasteiger partial charge in [-0.2, -0.15) is 0 Å². The molecule has 8 heteroatoms. The fraction of sp³-hybridized carbons (Fsp3) is 0.636. The van der Waals surface area contributed by atoms with E-state index >= 15 is 0 Å². The number of ether oxygens (including phenoxy) is 1. The molecule has 1 saturated heterocycles. The maximum absolute atomic E-state index is 12.2. The number of hydrogen-bond donors (Lipinski definition) is 1. The van der Waals surface area contributed by atoms with Crippen LogP contribution in [0.2, 0.25) is 0 Å². The highest BCUT2D eigenvalue weighted by molar-refractivity contribution is 9.10. The lowest BCUT2D eigenvalue weighted by Gasteiger charge is -2.29. The second-order valence-corrected chi connectivity index (χ2v) is 8.17. The van der Waals surface area contributed by atoms with Gasteiger partial charge < -0.3 is 4.74 Å². The molecule has 0 spiro atoms. The number of thiophene rings is 1. The molecule has 1 aromatic rings. The summed E-state index contributed by atoms with van der Waals surface area (Å²) in [6.07, 6.45) is 0. The summed E-state index contributed by atoms with van der Waals surface area (Å²) in [5.41, 5.74) is 0. The van der Waals surface area contributed by atoms with Crippen molar-refractivity contribution < 1.29 is 13.2 Å². The molecule has 0 amide bonds. The Labute approximate surface area is 126 Å². The second kappa shape index (κ2) is 6.64. The maximum atomic E-state index is 12.2. The maximum Gasteiger partial charge on any atom is 0.251 e. The van der Waals surface area contributed by atoms with Gasteiger partial charge in [0.25, 0.3) is 10.0 Å². The second-order valence-electron chi connectivity index (χ2n) is 4.49. The van der Waals surface area contributed by atoms with Gasteiger partial charge in [-0.25, -0.2) is 13.1 Å². The van der Waals surface area contributed by atoms with Gasteiger partial charge in [0.1, 0.15) is 4.21 Å². The van der Waals surface area contributed by atoms with Crippen molar-refractivity contribution in [2.45, 2.75) is 17.2 Å². The highest BCUT2D eigenvalue weighted by Crippen LogP contribution is 2.27. The van der Waals surface area contributed by atoms with Gasteiger partial charge >= 0.3 is 0 Å². The topological polar surface area (TPSA) is 58.6 Å². The number of sulfonamides is 1. The molecule has 108 valence electrons. The van der Waals surface area contributed by atoms with Crippen LogP contribution in [0.5, 0.6) is 0 Å². The van der Waals surface area contributed by atoms with Crippen molar-refractivity contribution in [2.75, 3.05) is 32.8 Å². The van der Waals surface area contributed by atoms with Crippen LogP contribution in [0.3, 0.4) is 0 Å². The van der Waals surface area contributed by atoms with E-state index in [1.165, 1.54) is 11.3 Å². The summed E-state index contributed by atoms with van der Waals surface area (Å²) in [7, 11) is -3.43. The molecule has 0 aromatic carbocycles. The zero-order valence-corrected chi connectivity index (χ0v) is 13.9. The smallest absolute Gasteiger partial charge is 0.251 e. The molecule has 1 N–H and O–H groups in total. The van der Waals surface area contributed by atoms with Crippen molar-refractivity contribution in [1.82, 2.24) is 9.62 Å². The predicted octanol–water partition coefficient (Wildman–Crippen LogP) is 1.51. The van der Waals surface area contributed by atoms with Crippen molar-refractivity contribution in [3.05, 3.63) is 15.9 Å². The van der Waals surface area contributed by atoms with Crippen molar-refractivity contribution in [3.63, 3.8) is 0 Å². The summed E-state index contributed by atoms with van der Waals surface area (Å²) in [5, 5.41) is 1.76. The van der Waals surface area contributed by atoms with Crippen molar-refractivity contribution in [3.8, 4) is 0 Å². The van der Waals surface area contributed by atoms with Crippen LogP contribution < -0.4 is 4.72 Å². The average molecular weight is 369 g/mol. The minimum atomic E-state index is -3.43. The summed E-state index contributed by atoms with van der Waals surface area (Å²) in [4.78, 5) is 2.21. The highest BCUT2D eigenvalue weighted by Gasteiger charge is 2.23. The van der Waals surface area contributed by atoms with E-state index in [-0.39, 0.29) is 6.04 Å². The minimum absolute atomic E-state index is 0.128. The van der Waals surface area contributed by atoms with E-state index in [0.29, 0.717) is 15.2 Å². The van der Waals surface area contributed by atoms with Gasteiger partial charge in [-0.15, -0.1) is 11.3 Å². The van der Waals surface area contributed by atoms with Gasteiger partial charge in [0.15, 0.2) is 0 Å². The summed E-state index contributed by atoms with van der Waals surface area (Å²) in [5.74, 6) is 0. The van der Waals surface area contributed by atoms with Gasteiger partial charge in [0.05, 0.1) is 13.2 Å². The number of morpholine rings is 1. The largest absolute Gasteiger partial charge is 0.379 e. The molecule has 1 fully saturated rings. The monoisotopic (exact) mass is 368 g/mol. The van der Waals surface area contributed by atoms with E-state index in [1.54, 1.807) is 11.4 Å². The molecule has 0 radical (unpaired) electrons. The fourth-order valence-electron chi connectivity index (χ4n) is 2.00. The quantitative estimate of drug-likeness (QED) is 0.855. The molecule has 2 rings (SSSR count). The van der Waals surface area contributed by atoms with E-state index in [9.17, 15) is 8.42 Å². The SMILES string of the molecule is CC(CN1CCOCC1)NS(=O)(=O)c1sccc1Br. The Kier molecular flexibility index (Phi) is 5.38. The molecule has 19 heavy (non-hydrogen) atoms. The van der Waals surface area contributed by atoms with Gasteiger partial charge in [-0.1, -0.05) is 0 Å². The zero-order valence-electron chi connectivity index (χ0n) is 10.6. The first-order valence-electron chi connectivity index (χ1n) is 6.04. The Morgan fingerprint density at radius 2 is 2.21 bits per heavy atom. The van der Waals surface area contributed by atoms with E-state index < -0.39 is 10.0 Å². The molecular formula is C11H17BrN2O3S2. The van der Waals surface area contributed by atoms with E-state index in [4.69, 9.17) is 4.74 Å². The highest BCUT2D eigenvalue weighted by atomic mass is 79.9. The van der Waals surface area contributed by atoms with E-state index in [2.05, 4.69) is 25.6 Å². The number of halogens is 1. The molecule has 1 aromatic heterocycles. The van der Waals surface area contributed by atoms with E-state index in [0.717, 1.165) is 26.3 Å². The van der Waals surface area contributed by atoms with Crippen LogP contribution in [-0.2, 0) is 14.8 Å². The molecule has 1 atom stereocenters. The normalized spacial score (nSPS) is 19.5. The first-order chi connectivity index (χ1) is 8.99. The van der Waals surface area contributed by atoms with Crippen molar-refractivity contribution >= 4 is 37.3 Å². The molecule has 1 unspecified atom stereocenters. The molecule has 5 nitrogen and oxygen atoms in total. The van der Waals surface area contributed by atoms with Crippen LogP contribution in [0.25, 0.3) is 0 Å². The van der Waals surface area contributed by atoms with Gasteiger partial charge in [0, 0.05) is 30.1 Å². The number of nitrogens with zero attached hydrogens (tertiary/aromatic N) is 1. The Hall–Kier alpha value is 0.01000. The van der Waals surface area contributed by atoms with Crippen molar-refractivity contribution in [2.24, 2.45) is 0 Å². The molecule has 1 aliphatic heterocycles. The summed E-state index contributed by atoms with van der Waals surface area (Å²) >= 11 is 4.47. The number of nitrogens with one attached hydrogen (secondary N) is 1. The summed E-state index contributed by atoms with van der Waals surface area (Å²) in [6, 6.07) is 1.61. The average Bonchev–Trinajstić information content (AvgIpc) is 2.76. The fourth-order valence-corrected chi connectivity index (χ4v) is 5.59. The minimum Gasteiger partial charge on any atom is -0.379 e. The standard InChI is InChI=1S/C11H17BrN2O3S2/c1-9(8-14-3-5-17-6-4-14)13-19(15,16)11-10(12)2-7-18-11/h2,7,9,13H,3-6,8H2,1H3. The van der Waals surface area contributed by atoms with Crippen LogP contribution in [0.4, 0.5) is 0 Å². The Bertz CT molecular complexity index is 512. The lowest BCUT2D eigenvalue weighted by Crippen LogP contribution is -2.45. The van der Waals surface area contributed by atoms with Crippen LogP contribution >= 0.6 is 27.3 Å². The molecule has 1 aliphatic rings.